The second kappa shape index (κ2) is 11.7. The lowest BCUT2D eigenvalue weighted by Crippen LogP contribution is -2.41. The maximum absolute atomic E-state index is 12.7. The summed E-state index contributed by atoms with van der Waals surface area (Å²) in [5.41, 5.74) is 1.21. The Kier molecular flexibility index (Phi) is 8.39. The van der Waals surface area contributed by atoms with Gasteiger partial charge in [-0.15, -0.1) is 5.10 Å². The molecule has 1 saturated carbocycles. The first-order valence-corrected chi connectivity index (χ1v) is 12.8. The van der Waals surface area contributed by atoms with Crippen molar-refractivity contribution in [2.24, 2.45) is 0 Å². The van der Waals surface area contributed by atoms with Crippen LogP contribution in [0.5, 0.6) is 5.75 Å². The molecule has 2 fully saturated rings. The van der Waals surface area contributed by atoms with Crippen LogP contribution in [-0.4, -0.2) is 63.5 Å². The normalized spacial score (nSPS) is 18.9. The number of tetrazole rings is 1. The highest BCUT2D eigenvalue weighted by Gasteiger charge is 2.24. The fraction of sp³-hybridized carbons (Fsp3) is 0.652. The molecule has 8 nitrogen and oxygen atoms in total. The van der Waals surface area contributed by atoms with E-state index in [4.69, 9.17) is 4.74 Å². The maximum Gasteiger partial charge on any atom is 0.230 e. The van der Waals surface area contributed by atoms with Gasteiger partial charge < -0.3 is 10.1 Å². The number of rotatable bonds is 9. The fourth-order valence-electron chi connectivity index (χ4n) is 4.74. The molecule has 1 N–H and O–H groups in total. The molecule has 0 spiro atoms. The third kappa shape index (κ3) is 6.01. The number of amides is 1. The standard InChI is InChI=1S/C23H34N6O2S/c1-31-20-12-10-18(11-13-20)21(28-14-6-3-7-15-28)16-24-22(30)17-32-23-25-26-27-29(23)19-8-4-2-5-9-19/h10-13,19,21H,2-9,14-17H2,1H3,(H,24,30). The zero-order valence-electron chi connectivity index (χ0n) is 18.9. The smallest absolute Gasteiger partial charge is 0.230 e. The molecular formula is C23H34N6O2S. The molecule has 2 heterocycles. The van der Waals surface area contributed by atoms with Crippen LogP contribution in [0.25, 0.3) is 0 Å². The van der Waals surface area contributed by atoms with E-state index < -0.39 is 0 Å². The van der Waals surface area contributed by atoms with E-state index in [1.165, 1.54) is 55.9 Å². The van der Waals surface area contributed by atoms with Crippen LogP contribution < -0.4 is 10.1 Å². The summed E-state index contributed by atoms with van der Waals surface area (Å²) in [6.45, 7) is 2.73. The number of benzene rings is 1. The Morgan fingerprint density at radius 1 is 1.12 bits per heavy atom. The zero-order chi connectivity index (χ0) is 22.2. The second-order valence-corrected chi connectivity index (χ2v) is 9.62. The average molecular weight is 459 g/mol. The number of hydrogen-bond donors (Lipinski definition) is 1. The van der Waals surface area contributed by atoms with Crippen molar-refractivity contribution >= 4 is 17.7 Å². The number of nitrogens with one attached hydrogen (secondary N) is 1. The summed E-state index contributed by atoms with van der Waals surface area (Å²) in [4.78, 5) is 15.2. The predicted octanol–water partition coefficient (Wildman–Crippen LogP) is 3.62. The Bertz CT molecular complexity index is 846. The van der Waals surface area contributed by atoms with Crippen molar-refractivity contribution in [1.82, 2.24) is 30.4 Å². The second-order valence-electron chi connectivity index (χ2n) is 8.68. The van der Waals surface area contributed by atoms with Gasteiger partial charge in [-0.05, 0) is 66.9 Å². The molecule has 1 saturated heterocycles. The van der Waals surface area contributed by atoms with E-state index in [1.807, 2.05) is 16.8 Å². The highest BCUT2D eigenvalue weighted by molar-refractivity contribution is 7.99. The van der Waals surface area contributed by atoms with Crippen LogP contribution in [0, 0.1) is 0 Å². The largest absolute Gasteiger partial charge is 0.497 e. The molecular weight excluding hydrogens is 424 g/mol. The Hall–Kier alpha value is -2.13. The average Bonchev–Trinajstić information content (AvgIpc) is 3.33. The lowest BCUT2D eigenvalue weighted by atomic mass is 9.96. The molecule has 9 heteroatoms. The van der Waals surface area contributed by atoms with Crippen molar-refractivity contribution in [1.29, 1.82) is 0 Å². The molecule has 4 rings (SSSR count). The predicted molar refractivity (Wildman–Crippen MR) is 125 cm³/mol. The lowest BCUT2D eigenvalue weighted by molar-refractivity contribution is -0.118. The molecule has 174 valence electrons. The van der Waals surface area contributed by atoms with Crippen LogP contribution in [0.4, 0.5) is 0 Å². The molecule has 1 unspecified atom stereocenters. The van der Waals surface area contributed by atoms with Gasteiger partial charge in [0.25, 0.3) is 0 Å². The minimum absolute atomic E-state index is 0.0173. The van der Waals surface area contributed by atoms with Crippen LogP contribution in [0.2, 0.25) is 0 Å². The highest BCUT2D eigenvalue weighted by atomic mass is 32.2. The van der Waals surface area contributed by atoms with Crippen molar-refractivity contribution < 1.29 is 9.53 Å². The molecule has 0 bridgehead atoms. The molecule has 1 aliphatic carbocycles. The molecule has 32 heavy (non-hydrogen) atoms. The van der Waals surface area contributed by atoms with Crippen LogP contribution in [-0.2, 0) is 4.79 Å². The van der Waals surface area contributed by atoms with Gasteiger partial charge >= 0.3 is 0 Å². The van der Waals surface area contributed by atoms with E-state index in [9.17, 15) is 4.79 Å². The summed E-state index contributed by atoms with van der Waals surface area (Å²) in [5, 5.41) is 16.1. The number of carbonyl (C=O) groups excluding carboxylic acids is 1. The van der Waals surface area contributed by atoms with Crippen LogP contribution in [0.15, 0.2) is 29.4 Å². The van der Waals surface area contributed by atoms with Crippen LogP contribution in [0.1, 0.15) is 69.0 Å². The van der Waals surface area contributed by atoms with Crippen LogP contribution in [0.3, 0.4) is 0 Å². The Labute approximate surface area is 194 Å². The number of thioether (sulfide) groups is 1. The molecule has 2 aliphatic rings. The van der Waals surface area contributed by atoms with Gasteiger partial charge in [0.1, 0.15) is 5.75 Å². The van der Waals surface area contributed by atoms with E-state index in [-0.39, 0.29) is 11.9 Å². The Morgan fingerprint density at radius 3 is 2.56 bits per heavy atom. The van der Waals surface area contributed by atoms with E-state index in [0.29, 0.717) is 18.3 Å². The lowest BCUT2D eigenvalue weighted by Gasteiger charge is -2.35. The minimum atomic E-state index is 0.0173. The fourth-order valence-corrected chi connectivity index (χ4v) is 5.52. The molecule has 1 aromatic heterocycles. The summed E-state index contributed by atoms with van der Waals surface area (Å²) >= 11 is 1.43. The van der Waals surface area contributed by atoms with E-state index in [2.05, 4.69) is 37.9 Å². The van der Waals surface area contributed by atoms with Gasteiger partial charge in [-0.2, -0.15) is 0 Å². The van der Waals surface area contributed by atoms with Crippen molar-refractivity contribution in [3.05, 3.63) is 29.8 Å². The Balaban J connectivity index is 1.33. The molecule has 0 radical (unpaired) electrons. The number of likely N-dealkylation sites (tertiary alicyclic amines) is 1. The number of methoxy groups -OCH3 is 1. The number of hydrogen-bond acceptors (Lipinski definition) is 7. The number of piperidine rings is 1. The van der Waals surface area contributed by atoms with Crippen molar-refractivity contribution in [3.8, 4) is 5.75 Å². The quantitative estimate of drug-likeness (QED) is 0.575. The van der Waals surface area contributed by atoms with Crippen LogP contribution >= 0.6 is 11.8 Å². The summed E-state index contributed by atoms with van der Waals surface area (Å²) in [7, 11) is 1.68. The zero-order valence-corrected chi connectivity index (χ0v) is 19.7. The molecule has 1 amide bonds. The van der Waals surface area contributed by atoms with Gasteiger partial charge in [-0.25, -0.2) is 4.68 Å². The van der Waals surface area contributed by atoms with Crippen molar-refractivity contribution in [2.75, 3.05) is 32.5 Å². The first-order chi connectivity index (χ1) is 15.7. The number of nitrogens with zero attached hydrogens (tertiary/aromatic N) is 5. The van der Waals surface area contributed by atoms with Gasteiger partial charge in [0, 0.05) is 6.54 Å². The van der Waals surface area contributed by atoms with Crippen molar-refractivity contribution in [3.63, 3.8) is 0 Å². The first-order valence-electron chi connectivity index (χ1n) is 11.8. The molecule has 2 aromatic rings. The number of ether oxygens (including phenoxy) is 1. The maximum atomic E-state index is 12.7. The first kappa shape index (κ1) is 23.0. The van der Waals surface area contributed by atoms with Gasteiger partial charge in [0.15, 0.2) is 0 Å². The number of aromatic nitrogens is 4. The van der Waals surface area contributed by atoms with Gasteiger partial charge in [-0.3, -0.25) is 9.69 Å². The Morgan fingerprint density at radius 2 is 1.84 bits per heavy atom. The summed E-state index contributed by atoms with van der Waals surface area (Å²) in [5.74, 6) is 1.19. The van der Waals surface area contributed by atoms with Gasteiger partial charge in [0.05, 0.1) is 24.9 Å². The summed E-state index contributed by atoms with van der Waals surface area (Å²) < 4.78 is 7.23. The highest BCUT2D eigenvalue weighted by Crippen LogP contribution is 2.30. The molecule has 1 atom stereocenters. The molecule has 1 aromatic carbocycles. The van der Waals surface area contributed by atoms with E-state index in [1.54, 1.807) is 7.11 Å². The summed E-state index contributed by atoms with van der Waals surface area (Å²) in [6, 6.07) is 8.74. The van der Waals surface area contributed by atoms with E-state index >= 15 is 0 Å². The van der Waals surface area contributed by atoms with Gasteiger partial charge in [-0.1, -0.05) is 49.6 Å². The van der Waals surface area contributed by atoms with Gasteiger partial charge in [0.2, 0.25) is 11.1 Å². The topological polar surface area (TPSA) is 85.2 Å². The number of carbonyl (C=O) groups is 1. The monoisotopic (exact) mass is 458 g/mol. The summed E-state index contributed by atoms with van der Waals surface area (Å²) in [6.07, 6.45) is 9.66. The third-order valence-corrected chi connectivity index (χ3v) is 7.47. The SMILES string of the molecule is COc1ccc(C(CNC(=O)CSc2nnnn2C2CCCCC2)N2CCCCC2)cc1. The van der Waals surface area contributed by atoms with E-state index in [0.717, 1.165) is 36.8 Å². The van der Waals surface area contributed by atoms with Crippen molar-refractivity contribution in [2.45, 2.75) is 68.6 Å². The minimum Gasteiger partial charge on any atom is -0.497 e. The third-order valence-electron chi connectivity index (χ3n) is 6.54. The molecule has 1 aliphatic heterocycles.